The fraction of sp³-hybridized carbons (Fsp3) is 0.333. The second kappa shape index (κ2) is 4.79. The van der Waals surface area contributed by atoms with Crippen molar-refractivity contribution >= 4 is 0 Å². The van der Waals surface area contributed by atoms with Crippen LogP contribution in [0.25, 0.3) is 0 Å². The molecule has 2 aromatic rings. The van der Waals surface area contributed by atoms with Crippen molar-refractivity contribution in [3.8, 4) is 5.75 Å². The van der Waals surface area contributed by atoms with Gasteiger partial charge in [-0.05, 0) is 12.5 Å². The van der Waals surface area contributed by atoms with E-state index >= 15 is 0 Å². The summed E-state index contributed by atoms with van der Waals surface area (Å²) in [5.74, 6) is 0.301. The number of para-hydroxylation sites is 1. The Hall–Kier alpha value is -1.84. The highest BCUT2D eigenvalue weighted by molar-refractivity contribution is 5.31. The van der Waals surface area contributed by atoms with E-state index in [-0.39, 0.29) is 0 Å². The number of phenolic OH excluding ortho intramolecular Hbond substituents is 1. The van der Waals surface area contributed by atoms with Gasteiger partial charge in [0, 0.05) is 11.8 Å². The molecule has 0 saturated carbocycles. The molecular weight excluding hydrogens is 202 g/mol. The number of nitrogens with zero attached hydrogens (tertiary/aromatic N) is 3. The van der Waals surface area contributed by atoms with E-state index in [2.05, 4.69) is 17.2 Å². The lowest BCUT2D eigenvalue weighted by molar-refractivity contribution is 0.463. The third-order valence-electron chi connectivity index (χ3n) is 2.42. The molecule has 0 saturated heterocycles. The number of aryl methyl sites for hydroxylation is 1. The van der Waals surface area contributed by atoms with Gasteiger partial charge >= 0.3 is 0 Å². The molecule has 0 bridgehead atoms. The van der Waals surface area contributed by atoms with Crippen LogP contribution in [-0.2, 0) is 13.0 Å². The van der Waals surface area contributed by atoms with Crippen LogP contribution in [0.1, 0.15) is 24.6 Å². The maximum absolute atomic E-state index is 9.62. The molecule has 0 atom stereocenters. The van der Waals surface area contributed by atoms with Gasteiger partial charge in [-0.1, -0.05) is 36.8 Å². The van der Waals surface area contributed by atoms with Gasteiger partial charge < -0.3 is 5.11 Å². The Morgan fingerprint density at radius 3 is 2.88 bits per heavy atom. The summed E-state index contributed by atoms with van der Waals surface area (Å²) in [6.07, 6.45) is 3.94. The largest absolute Gasteiger partial charge is 0.508 e. The fourth-order valence-corrected chi connectivity index (χ4v) is 1.61. The third-order valence-corrected chi connectivity index (χ3v) is 2.42. The van der Waals surface area contributed by atoms with Crippen molar-refractivity contribution in [3.05, 3.63) is 41.7 Å². The molecule has 0 aliphatic heterocycles. The first-order valence-corrected chi connectivity index (χ1v) is 5.45. The molecule has 0 spiro atoms. The monoisotopic (exact) mass is 217 g/mol. The van der Waals surface area contributed by atoms with Gasteiger partial charge in [0.25, 0.3) is 0 Å². The van der Waals surface area contributed by atoms with Gasteiger partial charge in [0.05, 0.1) is 12.2 Å². The Morgan fingerprint density at radius 2 is 2.12 bits per heavy atom. The molecule has 1 aromatic carbocycles. The summed E-state index contributed by atoms with van der Waals surface area (Å²) in [5, 5.41) is 17.7. The minimum Gasteiger partial charge on any atom is -0.508 e. The van der Waals surface area contributed by atoms with Gasteiger partial charge in [-0.3, -0.25) is 0 Å². The number of hydrogen-bond donors (Lipinski definition) is 1. The molecule has 1 N–H and O–H groups in total. The number of benzene rings is 1. The Bertz CT molecular complexity index is 465. The van der Waals surface area contributed by atoms with E-state index in [0.29, 0.717) is 12.3 Å². The van der Waals surface area contributed by atoms with Crippen LogP contribution in [0.3, 0.4) is 0 Å². The second-order valence-electron chi connectivity index (χ2n) is 3.79. The smallest absolute Gasteiger partial charge is 0.120 e. The molecule has 2 rings (SSSR count). The number of aromatic nitrogens is 3. The molecule has 0 radical (unpaired) electrons. The minimum atomic E-state index is 0.301. The average Bonchev–Trinajstić information content (AvgIpc) is 2.70. The number of phenols is 1. The zero-order chi connectivity index (χ0) is 11.4. The van der Waals surface area contributed by atoms with Crippen LogP contribution in [0.5, 0.6) is 5.75 Å². The van der Waals surface area contributed by atoms with Gasteiger partial charge in [0.2, 0.25) is 0 Å². The first-order valence-electron chi connectivity index (χ1n) is 5.45. The highest BCUT2D eigenvalue weighted by Gasteiger charge is 2.03. The van der Waals surface area contributed by atoms with Crippen LogP contribution in [0, 0.1) is 0 Å². The van der Waals surface area contributed by atoms with E-state index in [1.54, 1.807) is 10.7 Å². The van der Waals surface area contributed by atoms with E-state index in [1.165, 1.54) is 0 Å². The second-order valence-corrected chi connectivity index (χ2v) is 3.79. The zero-order valence-electron chi connectivity index (χ0n) is 9.30. The SMILES string of the molecule is CCCc1cn(Cc2ccccc2O)nn1. The van der Waals surface area contributed by atoms with Crippen molar-refractivity contribution < 1.29 is 5.11 Å². The maximum Gasteiger partial charge on any atom is 0.120 e. The Labute approximate surface area is 94.5 Å². The van der Waals surface area contributed by atoms with Crippen molar-refractivity contribution in [2.24, 2.45) is 0 Å². The summed E-state index contributed by atoms with van der Waals surface area (Å²) in [7, 11) is 0. The zero-order valence-corrected chi connectivity index (χ0v) is 9.30. The number of rotatable bonds is 4. The molecule has 4 nitrogen and oxygen atoms in total. The molecule has 1 heterocycles. The van der Waals surface area contributed by atoms with E-state index < -0.39 is 0 Å². The van der Waals surface area contributed by atoms with E-state index in [9.17, 15) is 5.11 Å². The van der Waals surface area contributed by atoms with Crippen LogP contribution < -0.4 is 0 Å². The van der Waals surface area contributed by atoms with Crippen LogP contribution in [0.4, 0.5) is 0 Å². The van der Waals surface area contributed by atoms with E-state index in [0.717, 1.165) is 24.1 Å². The molecule has 4 heteroatoms. The van der Waals surface area contributed by atoms with Gasteiger partial charge in [-0.15, -0.1) is 5.10 Å². The molecule has 0 aliphatic rings. The molecule has 84 valence electrons. The van der Waals surface area contributed by atoms with Crippen LogP contribution in [-0.4, -0.2) is 20.1 Å². The maximum atomic E-state index is 9.62. The summed E-state index contributed by atoms with van der Waals surface area (Å²) >= 11 is 0. The van der Waals surface area contributed by atoms with Crippen molar-refractivity contribution in [2.75, 3.05) is 0 Å². The van der Waals surface area contributed by atoms with Gasteiger partial charge in [0.15, 0.2) is 0 Å². The molecular formula is C12H15N3O. The average molecular weight is 217 g/mol. The molecule has 0 fully saturated rings. The quantitative estimate of drug-likeness (QED) is 0.852. The molecule has 16 heavy (non-hydrogen) atoms. The van der Waals surface area contributed by atoms with Gasteiger partial charge in [-0.25, -0.2) is 4.68 Å². The third kappa shape index (κ3) is 2.39. The van der Waals surface area contributed by atoms with Crippen molar-refractivity contribution in [1.29, 1.82) is 0 Å². The predicted molar refractivity (Wildman–Crippen MR) is 61.2 cm³/mol. The molecule has 0 unspecified atom stereocenters. The van der Waals surface area contributed by atoms with Crippen molar-refractivity contribution in [2.45, 2.75) is 26.3 Å². The minimum absolute atomic E-state index is 0.301. The highest BCUT2D eigenvalue weighted by atomic mass is 16.3. The lowest BCUT2D eigenvalue weighted by Crippen LogP contribution is -2.00. The Balaban J connectivity index is 2.11. The predicted octanol–water partition coefficient (Wildman–Crippen LogP) is 1.98. The fourth-order valence-electron chi connectivity index (χ4n) is 1.61. The summed E-state index contributed by atoms with van der Waals surface area (Å²) in [6, 6.07) is 7.28. The molecule has 0 amide bonds. The topological polar surface area (TPSA) is 50.9 Å². The van der Waals surface area contributed by atoms with Crippen LogP contribution in [0.2, 0.25) is 0 Å². The first kappa shape index (κ1) is 10.7. The van der Waals surface area contributed by atoms with Crippen molar-refractivity contribution in [3.63, 3.8) is 0 Å². The first-order chi connectivity index (χ1) is 7.79. The lowest BCUT2D eigenvalue weighted by Gasteiger charge is -2.02. The standard InChI is InChI=1S/C12H15N3O/c1-2-5-11-9-15(14-13-11)8-10-6-3-4-7-12(10)16/h3-4,6-7,9,16H,2,5,8H2,1H3. The highest BCUT2D eigenvalue weighted by Crippen LogP contribution is 2.16. The molecule has 0 aliphatic carbocycles. The lowest BCUT2D eigenvalue weighted by atomic mass is 10.2. The summed E-state index contributed by atoms with van der Waals surface area (Å²) in [5.41, 5.74) is 1.85. The van der Waals surface area contributed by atoms with E-state index in [1.807, 2.05) is 24.4 Å². The summed E-state index contributed by atoms with van der Waals surface area (Å²) < 4.78 is 1.75. The summed E-state index contributed by atoms with van der Waals surface area (Å²) in [6.45, 7) is 2.67. The summed E-state index contributed by atoms with van der Waals surface area (Å²) in [4.78, 5) is 0. The van der Waals surface area contributed by atoms with Crippen molar-refractivity contribution in [1.82, 2.24) is 15.0 Å². The van der Waals surface area contributed by atoms with Crippen LogP contribution in [0.15, 0.2) is 30.5 Å². The Kier molecular flexibility index (Phi) is 3.19. The normalized spacial score (nSPS) is 10.6. The Morgan fingerprint density at radius 1 is 1.31 bits per heavy atom. The number of aromatic hydroxyl groups is 1. The van der Waals surface area contributed by atoms with Gasteiger partial charge in [0.1, 0.15) is 5.75 Å². The molecule has 1 aromatic heterocycles. The van der Waals surface area contributed by atoms with E-state index in [4.69, 9.17) is 0 Å². The van der Waals surface area contributed by atoms with Crippen LogP contribution >= 0.6 is 0 Å². The van der Waals surface area contributed by atoms with Gasteiger partial charge in [-0.2, -0.15) is 0 Å². The number of hydrogen-bond acceptors (Lipinski definition) is 3.